The van der Waals surface area contributed by atoms with Crippen molar-refractivity contribution in [3.63, 3.8) is 0 Å². The normalized spacial score (nSPS) is 18.9. The fraction of sp³-hybridized carbons (Fsp3) is 0.130. The van der Waals surface area contributed by atoms with Gasteiger partial charge in [0.15, 0.2) is 93.1 Å². The van der Waals surface area contributed by atoms with Gasteiger partial charge in [0.2, 0.25) is 23.3 Å². The van der Waals surface area contributed by atoms with Crippen LogP contribution in [-0.4, -0.2) is 45.0 Å². The molecular weight excluding hydrogens is 1280 g/mol. The van der Waals surface area contributed by atoms with Crippen molar-refractivity contribution in [1.29, 1.82) is 0 Å². The number of hydrogen-bond acceptors (Lipinski definition) is 3. The minimum Gasteiger partial charge on any atom is -0.361 e. The minimum atomic E-state index is -2.71. The first-order valence-corrected chi connectivity index (χ1v) is 28.5. The zero-order valence-corrected chi connectivity index (χ0v) is 47.0. The van der Waals surface area contributed by atoms with E-state index in [1.807, 2.05) is 0 Å². The van der Waals surface area contributed by atoms with Crippen LogP contribution in [0.5, 0.6) is 0 Å². The van der Waals surface area contributed by atoms with E-state index in [0.717, 1.165) is 12.1 Å². The molecule has 0 spiro atoms. The first-order valence-electron chi connectivity index (χ1n) is 28.5. The van der Waals surface area contributed by atoms with Gasteiger partial charge in [0.1, 0.15) is 0 Å². The van der Waals surface area contributed by atoms with Crippen molar-refractivity contribution in [2.24, 2.45) is 0 Å². The monoisotopic (exact) mass is 1310 g/mol. The highest BCUT2D eigenvalue weighted by Gasteiger charge is 2.57. The molecule has 472 valence electrons. The van der Waals surface area contributed by atoms with Gasteiger partial charge in [-0.05, 0) is 75.1 Å². The molecule has 5 nitrogen and oxygen atoms in total. The van der Waals surface area contributed by atoms with Crippen LogP contribution in [0.4, 0.5) is 87.8 Å². The van der Waals surface area contributed by atoms with Gasteiger partial charge in [-0.1, -0.05) is 72.8 Å². The zero-order chi connectivity index (χ0) is 66.0. The maximum atomic E-state index is 17.7. The molecular formula is C69H31F20N5. The molecule has 4 aliphatic heterocycles. The number of aromatic nitrogens is 4. The Kier molecular flexibility index (Phi) is 12.9. The molecule has 25 heteroatoms. The molecule has 0 saturated carbocycles. The summed E-state index contributed by atoms with van der Waals surface area (Å²) in [6.07, 6.45) is 1.41. The lowest BCUT2D eigenvalue weighted by molar-refractivity contribution is 0.379. The number of H-pyrrole nitrogens is 2. The summed E-state index contributed by atoms with van der Waals surface area (Å²) < 4.78 is 327. The molecule has 1 saturated heterocycles. The minimum absolute atomic E-state index is 0.385. The van der Waals surface area contributed by atoms with Crippen LogP contribution in [0.15, 0.2) is 84.9 Å². The molecule has 10 bridgehead atoms. The van der Waals surface area contributed by atoms with E-state index < -0.39 is 248 Å². The Hall–Kier alpha value is -10.0. The number of aromatic amines is 2. The Labute approximate surface area is 513 Å². The predicted molar refractivity (Wildman–Crippen MR) is 302 cm³/mol. The van der Waals surface area contributed by atoms with Crippen LogP contribution in [0.1, 0.15) is 91.9 Å². The lowest BCUT2D eigenvalue weighted by Gasteiger charge is -2.49. The van der Waals surface area contributed by atoms with Gasteiger partial charge in [0.05, 0.1) is 45.0 Å². The molecule has 7 aliphatic rings. The van der Waals surface area contributed by atoms with E-state index >= 15 is 87.8 Å². The summed E-state index contributed by atoms with van der Waals surface area (Å²) in [6.45, 7) is -0.780. The smallest absolute Gasteiger partial charge is 0.200 e. The molecule has 8 aromatic carbocycles. The van der Waals surface area contributed by atoms with E-state index in [0.29, 0.717) is 56.0 Å². The van der Waals surface area contributed by atoms with Crippen LogP contribution in [0, 0.1) is 116 Å². The molecule has 4 atom stereocenters. The summed E-state index contributed by atoms with van der Waals surface area (Å²) in [5.41, 5.74) is -17.0. The van der Waals surface area contributed by atoms with E-state index in [4.69, 9.17) is 4.98 Å². The summed E-state index contributed by atoms with van der Waals surface area (Å²) in [7, 11) is 1.41. The maximum absolute atomic E-state index is 17.7. The highest BCUT2D eigenvalue weighted by atomic mass is 19.2. The second kappa shape index (κ2) is 20.5. The Bertz CT molecular complexity index is 5240. The average molecular weight is 1310 g/mol. The van der Waals surface area contributed by atoms with Gasteiger partial charge in [-0.25, -0.2) is 92.8 Å². The number of hydrogen-bond donors (Lipinski definition) is 2. The first-order chi connectivity index (χ1) is 44.9. The van der Waals surface area contributed by atoms with Gasteiger partial charge < -0.3 is 14.9 Å². The fourth-order valence-electron chi connectivity index (χ4n) is 15.2. The van der Waals surface area contributed by atoms with Gasteiger partial charge in [-0.2, -0.15) is 0 Å². The number of fused-ring (bicyclic) bond motifs is 13. The Morgan fingerprint density at radius 2 is 0.606 bits per heavy atom. The first kappa shape index (κ1) is 59.0. The molecule has 0 amide bonds. The molecule has 2 aromatic heterocycles. The van der Waals surface area contributed by atoms with Crippen LogP contribution in [-0.2, 0) is 0 Å². The molecule has 4 unspecified atom stereocenters. The van der Waals surface area contributed by atoms with Gasteiger partial charge >= 0.3 is 0 Å². The largest absolute Gasteiger partial charge is 0.361 e. The summed E-state index contributed by atoms with van der Waals surface area (Å²) in [5.74, 6) is -61.1. The molecule has 1 fully saturated rings. The molecule has 3 aliphatic carbocycles. The quantitative estimate of drug-likeness (QED) is 0.105. The number of likely N-dealkylation sites (N-methyl/N-ethyl adjacent to an activating group) is 1. The number of nitrogens with one attached hydrogen (secondary N) is 2. The zero-order valence-electron chi connectivity index (χ0n) is 47.0. The van der Waals surface area contributed by atoms with E-state index in [1.54, 1.807) is 72.8 Å². The second-order valence-corrected chi connectivity index (χ2v) is 23.7. The summed E-state index contributed by atoms with van der Waals surface area (Å²) >= 11 is 0. The van der Waals surface area contributed by atoms with Crippen molar-refractivity contribution >= 4 is 44.7 Å². The number of halogens is 20. The van der Waals surface area contributed by atoms with Crippen molar-refractivity contribution in [2.45, 2.75) is 35.5 Å². The predicted octanol–water partition coefficient (Wildman–Crippen LogP) is 18.9. The molecule has 17 rings (SSSR count). The Balaban J connectivity index is 1.21. The van der Waals surface area contributed by atoms with Gasteiger partial charge in [-0.3, -0.25) is 4.98 Å². The Morgan fingerprint density at radius 1 is 0.319 bits per heavy atom. The van der Waals surface area contributed by atoms with Gasteiger partial charge in [-0.15, -0.1) is 0 Å². The molecule has 10 aromatic rings. The molecule has 0 radical (unpaired) electrons. The van der Waals surface area contributed by atoms with Crippen LogP contribution in [0.3, 0.4) is 0 Å². The van der Waals surface area contributed by atoms with E-state index in [2.05, 4.69) is 15.0 Å². The van der Waals surface area contributed by atoms with Gasteiger partial charge in [0, 0.05) is 93.3 Å². The van der Waals surface area contributed by atoms with Crippen molar-refractivity contribution in [3.05, 3.63) is 258 Å². The van der Waals surface area contributed by atoms with Crippen molar-refractivity contribution in [2.75, 3.05) is 20.1 Å². The third kappa shape index (κ3) is 7.83. The average Bonchev–Trinajstić information content (AvgIpc) is 1.39. The van der Waals surface area contributed by atoms with Crippen LogP contribution in [0.2, 0.25) is 0 Å². The third-order valence-corrected chi connectivity index (χ3v) is 19.0. The number of benzene rings is 8. The Morgan fingerprint density at radius 3 is 0.979 bits per heavy atom. The van der Waals surface area contributed by atoms with E-state index in [1.165, 1.54) is 11.9 Å². The highest BCUT2D eigenvalue weighted by Crippen LogP contribution is 2.69. The summed E-state index contributed by atoms with van der Waals surface area (Å²) in [6, 6.07) is 22.0. The SMILES string of the molecule is CN1CC2c3[nH]c(c(-c4c(F)c(F)c(F)c(F)c4F)c4nc(c(-c5c(F)c(F)c(F)c(F)c5F)c5ccc([nH]5)c(-c5c(F)c(F)c(F)c(F)c5F)c5nc(c3-c3c(F)c(F)c(F)c(F)c3F)C=C5)C3C5c6cc7ccccc7cc6C(c6cc7ccccc7cc65)C43)C2C1. The van der Waals surface area contributed by atoms with Crippen LogP contribution in [0.25, 0.3) is 89.2 Å². The molecule has 94 heavy (non-hydrogen) atoms. The van der Waals surface area contributed by atoms with Crippen molar-refractivity contribution in [3.8, 4) is 44.5 Å². The number of rotatable bonds is 4. The number of likely N-dealkylation sites (tertiary alicyclic amines) is 1. The van der Waals surface area contributed by atoms with Crippen molar-refractivity contribution in [1.82, 2.24) is 24.8 Å². The fourth-order valence-corrected chi connectivity index (χ4v) is 15.2. The molecule has 6 heterocycles. The lowest BCUT2D eigenvalue weighted by Crippen LogP contribution is -2.36. The summed E-state index contributed by atoms with van der Waals surface area (Å²) in [4.78, 5) is 16.1. The second-order valence-electron chi connectivity index (χ2n) is 23.7. The standard InChI is InChI=1S/C69H31F20N5/c1-94-18-28-29(19-94)67-45(44-52(76)60(84)65(89)61(85)53(44)77)69-40-35-26-16-22-8-4-2-6-20(22)14-24(26)34(25-15-21-7-3-5-9-23(21)17-27(25)35)39(40)68(93-69)38(43-50(74)58(82)64(88)59(83)51(43)75)33-13-11-31(91-33)36(41-46(70)54(78)62(86)55(79)47(41)71)30-10-12-32(90-30)37(66(28)92-67)42-48(72)56(80)63(87)57(81)49(42)73/h2-17,28-29,34-35,39-40,91-92H,18-19H2,1H3. The van der Waals surface area contributed by atoms with Crippen LogP contribution >= 0.6 is 0 Å². The van der Waals surface area contributed by atoms with E-state index in [9.17, 15) is 0 Å². The third-order valence-electron chi connectivity index (χ3n) is 19.0. The highest BCUT2D eigenvalue weighted by molar-refractivity contribution is 5.97. The van der Waals surface area contributed by atoms with Crippen molar-refractivity contribution < 1.29 is 87.8 Å². The van der Waals surface area contributed by atoms with Crippen LogP contribution < -0.4 is 0 Å². The lowest BCUT2D eigenvalue weighted by atomic mass is 9.52. The molecule has 2 N–H and O–H groups in total. The summed E-state index contributed by atoms with van der Waals surface area (Å²) in [5, 5.41) is 2.22. The van der Waals surface area contributed by atoms with Gasteiger partial charge in [0.25, 0.3) is 0 Å². The van der Waals surface area contributed by atoms with E-state index in [-0.39, 0.29) is 6.54 Å². The maximum Gasteiger partial charge on any atom is 0.200 e. The number of nitrogens with zero attached hydrogens (tertiary/aromatic N) is 3. The topological polar surface area (TPSA) is 60.6 Å².